The molecule has 0 radical (unpaired) electrons. The van der Waals surface area contributed by atoms with Gasteiger partial charge in [0.25, 0.3) is 5.91 Å². The highest BCUT2D eigenvalue weighted by molar-refractivity contribution is 6.30. The van der Waals surface area contributed by atoms with Crippen molar-refractivity contribution in [3.05, 3.63) is 59.1 Å². The van der Waals surface area contributed by atoms with Crippen LogP contribution in [-0.4, -0.2) is 32.1 Å². The van der Waals surface area contributed by atoms with Crippen molar-refractivity contribution in [3.63, 3.8) is 0 Å². The highest BCUT2D eigenvalue weighted by atomic mass is 35.5. The molecule has 0 heterocycles. The number of esters is 1. The number of carbonyl (C=O) groups excluding carboxylic acids is 2. The van der Waals surface area contributed by atoms with Crippen molar-refractivity contribution in [2.24, 2.45) is 0 Å². The molecule has 0 aliphatic rings. The van der Waals surface area contributed by atoms with Gasteiger partial charge < -0.3 is 15.0 Å². The number of carbonyl (C=O) groups is 2. The molecule has 0 spiro atoms. The van der Waals surface area contributed by atoms with Gasteiger partial charge in [-0.1, -0.05) is 17.7 Å². The molecule has 0 fully saturated rings. The average Bonchev–Trinajstić information content (AvgIpc) is 2.55. The van der Waals surface area contributed by atoms with Crippen molar-refractivity contribution in [2.75, 3.05) is 24.3 Å². The van der Waals surface area contributed by atoms with Crippen LogP contribution in [0.1, 0.15) is 17.3 Å². The van der Waals surface area contributed by atoms with E-state index in [1.807, 2.05) is 31.1 Å². The predicted octanol–water partition coefficient (Wildman–Crippen LogP) is 3.59. The fourth-order valence-electron chi connectivity index (χ4n) is 1.98. The zero-order chi connectivity index (χ0) is 17.7. The molecule has 1 atom stereocenters. The average molecular weight is 347 g/mol. The van der Waals surface area contributed by atoms with Crippen LogP contribution in [0.2, 0.25) is 5.02 Å². The molecule has 0 aromatic heterocycles. The molecule has 0 saturated heterocycles. The van der Waals surface area contributed by atoms with Crippen molar-refractivity contribution in [1.29, 1.82) is 0 Å². The summed E-state index contributed by atoms with van der Waals surface area (Å²) >= 11 is 5.84. The van der Waals surface area contributed by atoms with Crippen LogP contribution in [0.4, 0.5) is 11.4 Å². The van der Waals surface area contributed by atoms with E-state index < -0.39 is 18.0 Å². The Morgan fingerprint density at radius 3 is 2.38 bits per heavy atom. The zero-order valence-corrected chi connectivity index (χ0v) is 14.5. The molecule has 0 aliphatic carbocycles. The molecule has 2 aromatic rings. The van der Waals surface area contributed by atoms with Gasteiger partial charge in [0.2, 0.25) is 0 Å². The quantitative estimate of drug-likeness (QED) is 0.840. The first kappa shape index (κ1) is 17.8. The normalized spacial score (nSPS) is 11.5. The third-order valence-electron chi connectivity index (χ3n) is 3.36. The van der Waals surface area contributed by atoms with Crippen molar-refractivity contribution in [1.82, 2.24) is 0 Å². The summed E-state index contributed by atoms with van der Waals surface area (Å²) in [6.07, 6.45) is -0.926. The van der Waals surface area contributed by atoms with Crippen LogP contribution in [0.3, 0.4) is 0 Å². The molecule has 1 N–H and O–H groups in total. The number of hydrogen-bond donors (Lipinski definition) is 1. The van der Waals surface area contributed by atoms with E-state index >= 15 is 0 Å². The lowest BCUT2D eigenvalue weighted by Gasteiger charge is -2.15. The number of halogens is 1. The summed E-state index contributed by atoms with van der Waals surface area (Å²) in [5.74, 6) is -0.994. The molecule has 1 amide bonds. The van der Waals surface area contributed by atoms with Gasteiger partial charge in [-0.2, -0.15) is 0 Å². The number of rotatable bonds is 5. The van der Waals surface area contributed by atoms with Gasteiger partial charge in [0.05, 0.1) is 5.56 Å². The number of anilines is 2. The van der Waals surface area contributed by atoms with E-state index in [9.17, 15) is 9.59 Å². The van der Waals surface area contributed by atoms with E-state index in [-0.39, 0.29) is 0 Å². The molecule has 0 aliphatic heterocycles. The fraction of sp³-hybridized carbons (Fsp3) is 0.222. The summed E-state index contributed by atoms with van der Waals surface area (Å²) in [6, 6.07) is 13.7. The Labute approximate surface area is 146 Å². The molecular formula is C18H19ClN2O3. The second kappa shape index (κ2) is 7.84. The molecular weight excluding hydrogens is 328 g/mol. The topological polar surface area (TPSA) is 58.6 Å². The number of nitrogens with one attached hydrogen (secondary N) is 1. The summed E-state index contributed by atoms with van der Waals surface area (Å²) in [7, 11) is 3.87. The zero-order valence-electron chi connectivity index (χ0n) is 13.7. The Balaban J connectivity index is 1.95. The highest BCUT2D eigenvalue weighted by Crippen LogP contribution is 2.16. The molecule has 126 valence electrons. The molecule has 2 rings (SSSR count). The van der Waals surface area contributed by atoms with Gasteiger partial charge in [0.1, 0.15) is 0 Å². The van der Waals surface area contributed by atoms with Crippen LogP contribution in [0.25, 0.3) is 0 Å². The lowest BCUT2D eigenvalue weighted by Crippen LogP contribution is -2.30. The maximum absolute atomic E-state index is 12.1. The smallest absolute Gasteiger partial charge is 0.338 e. The Morgan fingerprint density at radius 2 is 1.79 bits per heavy atom. The second-order valence-corrected chi connectivity index (χ2v) is 5.92. The largest absolute Gasteiger partial charge is 0.449 e. The van der Waals surface area contributed by atoms with E-state index in [1.165, 1.54) is 13.0 Å². The first-order valence-electron chi connectivity index (χ1n) is 7.41. The van der Waals surface area contributed by atoms with E-state index in [4.69, 9.17) is 16.3 Å². The Kier molecular flexibility index (Phi) is 5.82. The monoisotopic (exact) mass is 346 g/mol. The molecule has 2 aromatic carbocycles. The van der Waals surface area contributed by atoms with Gasteiger partial charge in [-0.25, -0.2) is 4.79 Å². The van der Waals surface area contributed by atoms with Crippen molar-refractivity contribution >= 4 is 34.9 Å². The van der Waals surface area contributed by atoms with Gasteiger partial charge in [0.15, 0.2) is 6.10 Å². The second-order valence-electron chi connectivity index (χ2n) is 5.49. The van der Waals surface area contributed by atoms with Crippen LogP contribution in [0, 0.1) is 0 Å². The van der Waals surface area contributed by atoms with Crippen LogP contribution in [0.5, 0.6) is 0 Å². The third-order valence-corrected chi connectivity index (χ3v) is 3.60. The minimum Gasteiger partial charge on any atom is -0.449 e. The molecule has 6 heteroatoms. The van der Waals surface area contributed by atoms with Crippen LogP contribution in [0.15, 0.2) is 48.5 Å². The molecule has 24 heavy (non-hydrogen) atoms. The number of nitrogens with zero attached hydrogens (tertiary/aromatic N) is 1. The predicted molar refractivity (Wildman–Crippen MR) is 95.7 cm³/mol. The van der Waals surface area contributed by atoms with E-state index in [1.54, 1.807) is 30.3 Å². The molecule has 0 bridgehead atoms. The first-order valence-corrected chi connectivity index (χ1v) is 7.79. The molecule has 5 nitrogen and oxygen atoms in total. The lowest BCUT2D eigenvalue weighted by molar-refractivity contribution is -0.123. The third kappa shape index (κ3) is 4.73. The summed E-state index contributed by atoms with van der Waals surface area (Å²) < 4.78 is 5.17. The maximum atomic E-state index is 12.1. The van der Waals surface area contributed by atoms with E-state index in [2.05, 4.69) is 5.32 Å². The summed E-state index contributed by atoms with van der Waals surface area (Å²) in [5, 5.41) is 3.15. The highest BCUT2D eigenvalue weighted by Gasteiger charge is 2.19. The Morgan fingerprint density at radius 1 is 1.12 bits per heavy atom. The minimum absolute atomic E-state index is 0.303. The number of benzene rings is 2. The van der Waals surface area contributed by atoms with Crippen LogP contribution >= 0.6 is 11.6 Å². The van der Waals surface area contributed by atoms with Crippen LogP contribution in [-0.2, 0) is 9.53 Å². The maximum Gasteiger partial charge on any atom is 0.338 e. The fourth-order valence-corrected chi connectivity index (χ4v) is 2.17. The molecule has 0 saturated carbocycles. The minimum atomic E-state index is -0.926. The summed E-state index contributed by atoms with van der Waals surface area (Å²) in [4.78, 5) is 26.1. The van der Waals surface area contributed by atoms with E-state index in [0.29, 0.717) is 16.3 Å². The Bertz CT molecular complexity index is 729. The van der Waals surface area contributed by atoms with Gasteiger partial charge in [-0.05, 0) is 49.4 Å². The number of hydrogen-bond acceptors (Lipinski definition) is 4. The van der Waals surface area contributed by atoms with Crippen molar-refractivity contribution in [2.45, 2.75) is 13.0 Å². The van der Waals surface area contributed by atoms with Crippen molar-refractivity contribution < 1.29 is 14.3 Å². The molecule has 1 unspecified atom stereocenters. The van der Waals surface area contributed by atoms with Gasteiger partial charge in [-0.3, -0.25) is 4.79 Å². The van der Waals surface area contributed by atoms with Gasteiger partial charge in [-0.15, -0.1) is 0 Å². The standard InChI is InChI=1S/C18H19ClN2O3/c1-12(24-18(23)13-5-4-6-14(19)11-13)17(22)20-15-7-9-16(10-8-15)21(2)3/h4-12H,1-3H3,(H,20,22). The van der Waals surface area contributed by atoms with Gasteiger partial charge in [0, 0.05) is 30.5 Å². The summed E-state index contributed by atoms with van der Waals surface area (Å²) in [6.45, 7) is 1.52. The number of amides is 1. The number of ether oxygens (including phenoxy) is 1. The van der Waals surface area contributed by atoms with E-state index in [0.717, 1.165) is 5.69 Å². The van der Waals surface area contributed by atoms with Crippen LogP contribution < -0.4 is 10.2 Å². The van der Waals surface area contributed by atoms with Gasteiger partial charge >= 0.3 is 5.97 Å². The lowest BCUT2D eigenvalue weighted by atomic mass is 10.2. The van der Waals surface area contributed by atoms with Crippen molar-refractivity contribution in [3.8, 4) is 0 Å². The first-order chi connectivity index (χ1) is 11.4. The summed E-state index contributed by atoms with van der Waals surface area (Å²) in [5.41, 5.74) is 1.96. The SMILES string of the molecule is CC(OC(=O)c1cccc(Cl)c1)C(=O)Nc1ccc(N(C)C)cc1. The Hall–Kier alpha value is -2.53.